The number of anilines is 1. The lowest BCUT2D eigenvalue weighted by molar-refractivity contribution is -0.125. The van der Waals surface area contributed by atoms with E-state index >= 15 is 0 Å². The Morgan fingerprint density at radius 1 is 1.12 bits per heavy atom. The minimum absolute atomic E-state index is 0.189. The monoisotopic (exact) mass is 459 g/mol. The highest BCUT2D eigenvalue weighted by Gasteiger charge is 2.34. The summed E-state index contributed by atoms with van der Waals surface area (Å²) in [4.78, 5) is 27.2. The summed E-state index contributed by atoms with van der Waals surface area (Å²) in [6.07, 6.45) is 1.36. The molecule has 1 saturated heterocycles. The molecule has 172 valence electrons. The van der Waals surface area contributed by atoms with Crippen LogP contribution in [-0.2, 0) is 19.6 Å². The van der Waals surface area contributed by atoms with E-state index in [0.29, 0.717) is 42.9 Å². The van der Waals surface area contributed by atoms with Gasteiger partial charge in [-0.1, -0.05) is 17.7 Å². The molecule has 0 unspecified atom stereocenters. The molecular weight excluding hydrogens is 430 g/mol. The topological polar surface area (TPSA) is 105 Å². The van der Waals surface area contributed by atoms with Gasteiger partial charge in [0.25, 0.3) is 15.9 Å². The highest BCUT2D eigenvalue weighted by Crippen LogP contribution is 2.23. The van der Waals surface area contributed by atoms with Crippen molar-refractivity contribution < 1.29 is 22.7 Å². The number of likely N-dealkylation sites (tertiary alicyclic amines) is 1. The highest BCUT2D eigenvalue weighted by molar-refractivity contribution is 7.92. The number of hydrogen-bond acceptors (Lipinski definition) is 5. The maximum Gasteiger partial charge on any atom is 0.262 e. The molecule has 0 aromatic heterocycles. The van der Waals surface area contributed by atoms with Crippen molar-refractivity contribution in [2.45, 2.75) is 37.6 Å². The van der Waals surface area contributed by atoms with Gasteiger partial charge in [-0.2, -0.15) is 0 Å². The summed E-state index contributed by atoms with van der Waals surface area (Å²) in [7, 11) is -2.19. The van der Waals surface area contributed by atoms with Crippen LogP contribution in [0.3, 0.4) is 0 Å². The number of carbonyl (C=O) groups excluding carboxylic acids is 2. The Labute approximate surface area is 189 Å². The molecule has 3 rings (SSSR count). The van der Waals surface area contributed by atoms with Crippen molar-refractivity contribution in [3.05, 3.63) is 59.2 Å². The minimum atomic E-state index is -3.75. The van der Waals surface area contributed by atoms with E-state index in [1.54, 1.807) is 55.3 Å². The second-order valence-electron chi connectivity index (χ2n) is 7.89. The fourth-order valence-electron chi connectivity index (χ4n) is 3.83. The number of nitrogens with zero attached hydrogens (tertiary/aromatic N) is 1. The Kier molecular flexibility index (Phi) is 7.52. The summed E-state index contributed by atoms with van der Waals surface area (Å²) < 4.78 is 33.0. The largest absolute Gasteiger partial charge is 0.383 e. The van der Waals surface area contributed by atoms with Crippen LogP contribution in [-0.4, -0.2) is 58.0 Å². The van der Waals surface area contributed by atoms with Crippen molar-refractivity contribution in [1.29, 1.82) is 0 Å². The standard InChI is InChI=1S/C23H29N3O5S/c1-16-6-11-21(17(2)15-16)32(29,30)25-19-9-7-18(8-10-19)23(28)26-13-4-5-20(26)22(27)24-12-14-31-3/h6-11,15,20,25H,4-5,12-14H2,1-3H3,(H,24,27)/t20-/m0/s1. The minimum Gasteiger partial charge on any atom is -0.383 e. The molecule has 2 aromatic rings. The number of ether oxygens (including phenoxy) is 1. The number of carbonyl (C=O) groups is 2. The van der Waals surface area contributed by atoms with Gasteiger partial charge < -0.3 is 15.0 Å². The highest BCUT2D eigenvalue weighted by atomic mass is 32.2. The van der Waals surface area contributed by atoms with Crippen LogP contribution < -0.4 is 10.0 Å². The fourth-order valence-corrected chi connectivity index (χ4v) is 5.12. The summed E-state index contributed by atoms with van der Waals surface area (Å²) >= 11 is 0. The van der Waals surface area contributed by atoms with Crippen molar-refractivity contribution in [2.24, 2.45) is 0 Å². The zero-order valence-corrected chi connectivity index (χ0v) is 19.4. The third-order valence-electron chi connectivity index (χ3n) is 5.43. The first-order valence-corrected chi connectivity index (χ1v) is 12.0. The summed E-state index contributed by atoms with van der Waals surface area (Å²) in [5, 5.41) is 2.79. The van der Waals surface area contributed by atoms with E-state index in [4.69, 9.17) is 4.74 Å². The molecule has 8 nitrogen and oxygen atoms in total. The van der Waals surface area contributed by atoms with Crippen LogP contribution in [0.25, 0.3) is 0 Å². The van der Waals surface area contributed by atoms with E-state index < -0.39 is 16.1 Å². The Bertz CT molecular complexity index is 1080. The Morgan fingerprint density at radius 3 is 2.50 bits per heavy atom. The molecule has 32 heavy (non-hydrogen) atoms. The second-order valence-corrected chi connectivity index (χ2v) is 9.54. The molecule has 0 spiro atoms. The van der Waals surface area contributed by atoms with Crippen LogP contribution >= 0.6 is 0 Å². The number of benzene rings is 2. The van der Waals surface area contributed by atoms with Crippen molar-refractivity contribution >= 4 is 27.5 Å². The first kappa shape index (κ1) is 23.7. The Morgan fingerprint density at radius 2 is 1.84 bits per heavy atom. The van der Waals surface area contributed by atoms with Crippen molar-refractivity contribution in [1.82, 2.24) is 10.2 Å². The van der Waals surface area contributed by atoms with Gasteiger partial charge in [0, 0.05) is 31.5 Å². The van der Waals surface area contributed by atoms with Crippen LogP contribution in [0.5, 0.6) is 0 Å². The number of nitrogens with one attached hydrogen (secondary N) is 2. The summed E-state index contributed by atoms with van der Waals surface area (Å²) in [6, 6.07) is 10.9. The van der Waals surface area contributed by atoms with Crippen LogP contribution in [0.1, 0.15) is 34.3 Å². The van der Waals surface area contributed by atoms with Crippen molar-refractivity contribution in [3.63, 3.8) is 0 Å². The molecule has 0 aliphatic carbocycles. The first-order chi connectivity index (χ1) is 15.2. The number of methoxy groups -OCH3 is 1. The number of sulfonamides is 1. The SMILES string of the molecule is COCCNC(=O)[C@@H]1CCCN1C(=O)c1ccc(NS(=O)(=O)c2ccc(C)cc2C)cc1. The van der Waals surface area contributed by atoms with E-state index in [2.05, 4.69) is 10.0 Å². The molecule has 1 fully saturated rings. The number of amides is 2. The van der Waals surface area contributed by atoms with E-state index in [1.165, 1.54) is 0 Å². The third kappa shape index (κ3) is 5.46. The number of hydrogen-bond donors (Lipinski definition) is 2. The van der Waals surface area contributed by atoms with Crippen LogP contribution in [0.2, 0.25) is 0 Å². The predicted molar refractivity (Wildman–Crippen MR) is 122 cm³/mol. The van der Waals surface area contributed by atoms with E-state index in [1.807, 2.05) is 13.0 Å². The zero-order valence-electron chi connectivity index (χ0n) is 18.6. The van der Waals surface area contributed by atoms with Gasteiger partial charge in [0.1, 0.15) is 6.04 Å². The maximum atomic E-state index is 13.0. The van der Waals surface area contributed by atoms with Crippen molar-refractivity contribution in [2.75, 3.05) is 31.5 Å². The molecule has 1 heterocycles. The Hall–Kier alpha value is -2.91. The molecule has 1 atom stereocenters. The lowest BCUT2D eigenvalue weighted by atomic mass is 10.1. The van der Waals surface area contributed by atoms with Gasteiger partial charge in [0.15, 0.2) is 0 Å². The molecule has 9 heteroatoms. The fraction of sp³-hybridized carbons (Fsp3) is 0.391. The molecular formula is C23H29N3O5S. The quantitative estimate of drug-likeness (QED) is 0.590. The normalized spacial score (nSPS) is 16.1. The van der Waals surface area contributed by atoms with Crippen LogP contribution in [0.4, 0.5) is 5.69 Å². The van der Waals surface area contributed by atoms with Gasteiger partial charge in [-0.05, 0) is 62.6 Å². The molecule has 2 aromatic carbocycles. The van der Waals surface area contributed by atoms with Gasteiger partial charge in [0.2, 0.25) is 5.91 Å². The van der Waals surface area contributed by atoms with Crippen LogP contribution in [0.15, 0.2) is 47.4 Å². The summed E-state index contributed by atoms with van der Waals surface area (Å²) in [6.45, 7) is 4.96. The summed E-state index contributed by atoms with van der Waals surface area (Å²) in [5.41, 5.74) is 2.40. The molecule has 2 amide bonds. The van der Waals surface area contributed by atoms with Gasteiger partial charge in [-0.3, -0.25) is 14.3 Å². The van der Waals surface area contributed by atoms with E-state index in [0.717, 1.165) is 12.0 Å². The number of aryl methyl sites for hydroxylation is 2. The predicted octanol–water partition coefficient (Wildman–Crippen LogP) is 2.47. The molecule has 1 aliphatic rings. The summed E-state index contributed by atoms with van der Waals surface area (Å²) in [5.74, 6) is -0.441. The maximum absolute atomic E-state index is 13.0. The van der Waals surface area contributed by atoms with Crippen LogP contribution in [0, 0.1) is 13.8 Å². The smallest absolute Gasteiger partial charge is 0.262 e. The lowest BCUT2D eigenvalue weighted by Crippen LogP contribution is -2.46. The Balaban J connectivity index is 1.69. The first-order valence-electron chi connectivity index (χ1n) is 10.5. The lowest BCUT2D eigenvalue weighted by Gasteiger charge is -2.24. The molecule has 2 N–H and O–H groups in total. The molecule has 1 aliphatic heterocycles. The second kappa shape index (κ2) is 10.1. The third-order valence-corrected chi connectivity index (χ3v) is 6.97. The van der Waals surface area contributed by atoms with Gasteiger partial charge in [-0.25, -0.2) is 8.42 Å². The van der Waals surface area contributed by atoms with Gasteiger partial charge >= 0.3 is 0 Å². The van der Waals surface area contributed by atoms with E-state index in [-0.39, 0.29) is 16.7 Å². The number of rotatable bonds is 8. The average molecular weight is 460 g/mol. The zero-order chi connectivity index (χ0) is 23.3. The van der Waals surface area contributed by atoms with Crippen molar-refractivity contribution in [3.8, 4) is 0 Å². The molecule has 0 bridgehead atoms. The average Bonchev–Trinajstić information content (AvgIpc) is 3.23. The van der Waals surface area contributed by atoms with Gasteiger partial charge in [-0.15, -0.1) is 0 Å². The molecule has 0 radical (unpaired) electrons. The molecule has 0 saturated carbocycles. The van der Waals surface area contributed by atoms with E-state index in [9.17, 15) is 18.0 Å². The van der Waals surface area contributed by atoms with Gasteiger partial charge in [0.05, 0.1) is 11.5 Å².